The lowest BCUT2D eigenvalue weighted by atomic mass is 9.79. The number of carbonyl (C=O) groups is 4. The number of carbonyl (C=O) groups excluding carboxylic acids is 4. The van der Waals surface area contributed by atoms with E-state index >= 15 is 0 Å². The Morgan fingerprint density at radius 1 is 1.09 bits per heavy atom. The fourth-order valence-corrected chi connectivity index (χ4v) is 7.67. The van der Waals surface area contributed by atoms with Crippen LogP contribution in [0.4, 0.5) is 5.69 Å². The molecule has 0 radical (unpaired) electrons. The van der Waals surface area contributed by atoms with Gasteiger partial charge in [0, 0.05) is 23.1 Å². The molecule has 3 heterocycles. The van der Waals surface area contributed by atoms with Crippen molar-refractivity contribution in [1.82, 2.24) is 19.9 Å². The predicted molar refractivity (Wildman–Crippen MR) is 161 cm³/mol. The van der Waals surface area contributed by atoms with Crippen molar-refractivity contribution in [2.45, 2.75) is 69.2 Å². The van der Waals surface area contributed by atoms with E-state index in [0.717, 1.165) is 16.5 Å². The molecule has 2 fully saturated rings. The molecule has 43 heavy (non-hydrogen) atoms. The first-order valence-corrected chi connectivity index (χ1v) is 16.1. The molecule has 1 spiro atoms. The summed E-state index contributed by atoms with van der Waals surface area (Å²) in [7, 11) is -3.90. The maximum Gasteiger partial charge on any atom is 0.268 e. The smallest absolute Gasteiger partial charge is 0.268 e. The molecule has 1 aromatic heterocycles. The zero-order valence-corrected chi connectivity index (χ0v) is 25.1. The summed E-state index contributed by atoms with van der Waals surface area (Å²) in [5.74, 6) is -2.24. The molecule has 3 aromatic rings. The third-order valence-electron chi connectivity index (χ3n) is 8.71. The molecule has 226 valence electrons. The summed E-state index contributed by atoms with van der Waals surface area (Å²) in [6.07, 6.45) is 1.11. The summed E-state index contributed by atoms with van der Waals surface area (Å²) in [4.78, 5) is 59.2. The number of amides is 4. The van der Waals surface area contributed by atoms with Crippen LogP contribution in [0.5, 0.6) is 0 Å². The average Bonchev–Trinajstić information content (AvgIpc) is 3.51. The molecular weight excluding hydrogens is 570 g/mol. The monoisotopic (exact) mass is 605 g/mol. The summed E-state index contributed by atoms with van der Waals surface area (Å²) in [6, 6.07) is 12.3. The van der Waals surface area contributed by atoms with Crippen LogP contribution in [-0.2, 0) is 29.8 Å². The quantitative estimate of drug-likeness (QED) is 0.309. The van der Waals surface area contributed by atoms with Crippen LogP contribution >= 0.6 is 0 Å². The molecule has 0 bridgehead atoms. The van der Waals surface area contributed by atoms with Crippen molar-refractivity contribution in [2.24, 2.45) is 5.92 Å². The van der Waals surface area contributed by atoms with Crippen LogP contribution in [0.1, 0.15) is 61.1 Å². The highest BCUT2D eigenvalue weighted by Gasteiger charge is 2.58. The molecule has 3 aliphatic rings. The highest BCUT2D eigenvalue weighted by Crippen LogP contribution is 2.46. The Morgan fingerprint density at radius 2 is 1.84 bits per heavy atom. The second-order valence-electron chi connectivity index (χ2n) is 12.4. The number of likely N-dealkylation sites (tertiary alicyclic amines) is 1. The molecule has 1 aliphatic carbocycles. The minimum atomic E-state index is -3.90. The molecule has 6 rings (SSSR count). The molecule has 2 aromatic carbocycles. The van der Waals surface area contributed by atoms with Crippen LogP contribution in [-0.4, -0.2) is 65.8 Å². The Kier molecular flexibility index (Phi) is 7.07. The van der Waals surface area contributed by atoms with Gasteiger partial charge in [-0.25, -0.2) is 8.42 Å². The van der Waals surface area contributed by atoms with Gasteiger partial charge in [-0.3, -0.25) is 23.9 Å². The van der Waals surface area contributed by atoms with Crippen LogP contribution < -0.4 is 15.4 Å². The molecule has 4 amide bonds. The lowest BCUT2D eigenvalue weighted by molar-refractivity contribution is -0.139. The van der Waals surface area contributed by atoms with Gasteiger partial charge in [-0.05, 0) is 67.9 Å². The van der Waals surface area contributed by atoms with Gasteiger partial charge in [-0.1, -0.05) is 44.2 Å². The number of anilines is 1. The molecular formula is C31H35N5O6S. The number of hydrogen-bond acceptors (Lipinski definition) is 6. The predicted octanol–water partition coefficient (Wildman–Crippen LogP) is 2.72. The topological polar surface area (TPSA) is 158 Å². The number of aryl methyl sites for hydroxylation is 1. The summed E-state index contributed by atoms with van der Waals surface area (Å²) in [5.41, 5.74) is 2.08. The molecule has 4 N–H and O–H groups in total. The van der Waals surface area contributed by atoms with Gasteiger partial charge in [0.2, 0.25) is 21.8 Å². The van der Waals surface area contributed by atoms with E-state index in [9.17, 15) is 27.6 Å². The molecule has 1 saturated heterocycles. The highest BCUT2D eigenvalue weighted by molar-refractivity contribution is 7.90. The highest BCUT2D eigenvalue weighted by atomic mass is 32.2. The first-order valence-electron chi connectivity index (χ1n) is 14.6. The van der Waals surface area contributed by atoms with E-state index in [4.69, 9.17) is 0 Å². The summed E-state index contributed by atoms with van der Waals surface area (Å²) >= 11 is 0. The average molecular weight is 606 g/mol. The van der Waals surface area contributed by atoms with Crippen molar-refractivity contribution in [3.8, 4) is 0 Å². The number of para-hydroxylation sites is 1. The first-order chi connectivity index (χ1) is 20.4. The maximum absolute atomic E-state index is 14.3. The van der Waals surface area contributed by atoms with Crippen molar-refractivity contribution < 1.29 is 27.6 Å². The number of hydrogen-bond donors (Lipinski definition) is 4. The third-order valence-corrected chi connectivity index (χ3v) is 10.5. The van der Waals surface area contributed by atoms with Crippen molar-refractivity contribution in [3.05, 3.63) is 65.4 Å². The lowest BCUT2D eigenvalue weighted by Crippen LogP contribution is -2.54. The van der Waals surface area contributed by atoms with Crippen LogP contribution in [0.3, 0.4) is 0 Å². The molecule has 12 heteroatoms. The first kappa shape index (κ1) is 28.9. The van der Waals surface area contributed by atoms with Crippen molar-refractivity contribution in [3.63, 3.8) is 0 Å². The maximum atomic E-state index is 14.3. The zero-order chi connectivity index (χ0) is 30.7. The van der Waals surface area contributed by atoms with Crippen LogP contribution in [0.2, 0.25) is 0 Å². The van der Waals surface area contributed by atoms with Crippen molar-refractivity contribution >= 4 is 50.2 Å². The van der Waals surface area contributed by atoms with Crippen LogP contribution in [0, 0.1) is 12.8 Å². The van der Waals surface area contributed by atoms with Crippen molar-refractivity contribution in [1.29, 1.82) is 0 Å². The third kappa shape index (κ3) is 5.17. The van der Waals surface area contributed by atoms with E-state index in [0.29, 0.717) is 24.1 Å². The van der Waals surface area contributed by atoms with Gasteiger partial charge in [0.05, 0.1) is 10.7 Å². The van der Waals surface area contributed by atoms with E-state index < -0.39 is 50.5 Å². The van der Waals surface area contributed by atoms with E-state index in [1.54, 1.807) is 30.3 Å². The van der Waals surface area contributed by atoms with Gasteiger partial charge in [0.15, 0.2) is 0 Å². The Balaban J connectivity index is 1.33. The summed E-state index contributed by atoms with van der Waals surface area (Å²) in [5, 5.41) is 5.96. The Bertz CT molecular complexity index is 1760. The molecule has 11 nitrogen and oxygen atoms in total. The standard InChI is InChI=1S/C31H35N5O6S/c1-17(2)13-25(33-27(37)24-14-20-18(3)7-6-10-22(20)32-24)29(39)36-16-31(21-8-4-5-9-23(21)34-30(31)40)15-26(36)28(38)35-43(41,42)19-11-12-19/h4-10,14,17,19,25-26,32H,11-13,15-16H2,1-3H3,(H,33,37)(H,34,40)(H,35,38)/t25-,26-,31-/m0/s1. The number of aromatic nitrogens is 1. The second-order valence-corrected chi connectivity index (χ2v) is 14.3. The van der Waals surface area contributed by atoms with E-state index in [1.807, 2.05) is 39.0 Å². The number of rotatable bonds is 8. The normalized spacial score (nSPS) is 22.1. The number of nitrogens with one attached hydrogen (secondary N) is 4. The molecule has 3 atom stereocenters. The Morgan fingerprint density at radius 3 is 2.53 bits per heavy atom. The fraction of sp³-hybridized carbons (Fsp3) is 0.419. The number of fused-ring (bicyclic) bond motifs is 3. The van der Waals surface area contributed by atoms with Crippen LogP contribution in [0.15, 0.2) is 48.5 Å². The minimum Gasteiger partial charge on any atom is -0.351 e. The van der Waals surface area contributed by atoms with Gasteiger partial charge >= 0.3 is 0 Å². The van der Waals surface area contributed by atoms with Crippen molar-refractivity contribution in [2.75, 3.05) is 11.9 Å². The number of nitrogens with zero attached hydrogens (tertiary/aromatic N) is 1. The van der Waals surface area contributed by atoms with E-state index in [-0.39, 0.29) is 36.9 Å². The van der Waals surface area contributed by atoms with Gasteiger partial charge < -0.3 is 20.5 Å². The minimum absolute atomic E-state index is 0.00574. The van der Waals surface area contributed by atoms with Gasteiger partial charge in [0.1, 0.15) is 17.8 Å². The number of benzene rings is 2. The summed E-state index contributed by atoms with van der Waals surface area (Å²) < 4.78 is 27.6. The SMILES string of the molecule is Cc1cccc2[nH]c(C(=O)N[C@@H](CC(C)C)C(=O)N3C[C@]4(C[C@H]3C(=O)NS(=O)(=O)C3CC3)C(=O)Nc3ccccc34)cc12. The summed E-state index contributed by atoms with van der Waals surface area (Å²) in [6.45, 7) is 5.64. The zero-order valence-electron chi connectivity index (χ0n) is 24.3. The largest absolute Gasteiger partial charge is 0.351 e. The number of H-pyrrole nitrogens is 1. The van der Waals surface area contributed by atoms with Gasteiger partial charge in [0.25, 0.3) is 11.8 Å². The van der Waals surface area contributed by atoms with Gasteiger partial charge in [-0.2, -0.15) is 0 Å². The number of aromatic amines is 1. The van der Waals surface area contributed by atoms with Gasteiger partial charge in [-0.15, -0.1) is 0 Å². The Labute approximate surface area is 249 Å². The second kappa shape index (κ2) is 10.5. The Hall–Kier alpha value is -4.19. The molecule has 2 aliphatic heterocycles. The molecule has 0 unspecified atom stereocenters. The van der Waals surface area contributed by atoms with Crippen LogP contribution in [0.25, 0.3) is 10.9 Å². The fourth-order valence-electron chi connectivity index (χ4n) is 6.33. The molecule has 1 saturated carbocycles. The lowest BCUT2D eigenvalue weighted by Gasteiger charge is -2.29. The number of sulfonamides is 1. The van der Waals surface area contributed by atoms with E-state index in [2.05, 4.69) is 20.3 Å². The van der Waals surface area contributed by atoms with E-state index in [1.165, 1.54) is 4.90 Å².